The van der Waals surface area contributed by atoms with Crippen LogP contribution in [0.15, 0.2) is 4.52 Å². The highest BCUT2D eigenvalue weighted by atomic mass is 16.5. The molecule has 17 heavy (non-hydrogen) atoms. The van der Waals surface area contributed by atoms with Gasteiger partial charge >= 0.3 is 0 Å². The van der Waals surface area contributed by atoms with Crippen LogP contribution in [-0.4, -0.2) is 52.7 Å². The van der Waals surface area contributed by atoms with E-state index in [-0.39, 0.29) is 0 Å². The van der Waals surface area contributed by atoms with Gasteiger partial charge in [0.2, 0.25) is 5.89 Å². The number of rotatable bonds is 4. The molecule has 1 aromatic heterocycles. The highest BCUT2D eigenvalue weighted by Gasteiger charge is 2.19. The second kappa shape index (κ2) is 5.60. The van der Waals surface area contributed by atoms with Gasteiger partial charge < -0.3 is 9.42 Å². The van der Waals surface area contributed by atoms with E-state index in [1.807, 2.05) is 6.92 Å². The van der Waals surface area contributed by atoms with Crippen LogP contribution in [0.25, 0.3) is 0 Å². The van der Waals surface area contributed by atoms with Crippen molar-refractivity contribution in [3.8, 4) is 0 Å². The first-order valence-electron chi connectivity index (χ1n) is 6.37. The second-order valence-corrected chi connectivity index (χ2v) is 5.21. The Kier molecular flexibility index (Phi) is 4.12. The Morgan fingerprint density at radius 1 is 1.18 bits per heavy atom. The Balaban J connectivity index is 1.75. The van der Waals surface area contributed by atoms with Crippen molar-refractivity contribution in [3.05, 3.63) is 11.7 Å². The standard InChI is InChI=1S/C12H22N4O/c1-10(2)8-15-4-6-16(7-5-15)9-12-13-11(3)14-17-12/h10H,4-9H2,1-3H3. The third kappa shape index (κ3) is 3.78. The van der Waals surface area contributed by atoms with E-state index in [9.17, 15) is 0 Å². The topological polar surface area (TPSA) is 45.4 Å². The maximum absolute atomic E-state index is 5.14. The molecule has 1 aliphatic rings. The van der Waals surface area contributed by atoms with Crippen LogP contribution in [0.2, 0.25) is 0 Å². The first-order valence-corrected chi connectivity index (χ1v) is 6.37. The van der Waals surface area contributed by atoms with E-state index >= 15 is 0 Å². The largest absolute Gasteiger partial charge is 0.338 e. The lowest BCUT2D eigenvalue weighted by Gasteiger charge is -2.34. The number of aromatic nitrogens is 2. The molecular formula is C12H22N4O. The average Bonchev–Trinajstić information content (AvgIpc) is 2.66. The summed E-state index contributed by atoms with van der Waals surface area (Å²) in [6.45, 7) is 12.9. The first-order chi connectivity index (χ1) is 8.13. The fourth-order valence-corrected chi connectivity index (χ4v) is 2.24. The van der Waals surface area contributed by atoms with Crippen LogP contribution in [0.5, 0.6) is 0 Å². The Bertz CT molecular complexity index is 342. The Labute approximate surface area is 103 Å². The van der Waals surface area contributed by atoms with E-state index in [1.54, 1.807) is 0 Å². The van der Waals surface area contributed by atoms with Crippen molar-refractivity contribution in [2.75, 3.05) is 32.7 Å². The van der Waals surface area contributed by atoms with E-state index < -0.39 is 0 Å². The van der Waals surface area contributed by atoms with Gasteiger partial charge in [0.05, 0.1) is 6.54 Å². The Morgan fingerprint density at radius 2 is 1.82 bits per heavy atom. The van der Waals surface area contributed by atoms with Crippen molar-refractivity contribution in [2.24, 2.45) is 5.92 Å². The van der Waals surface area contributed by atoms with Gasteiger partial charge in [-0.15, -0.1) is 0 Å². The van der Waals surface area contributed by atoms with Crippen LogP contribution in [0.4, 0.5) is 0 Å². The highest BCUT2D eigenvalue weighted by Crippen LogP contribution is 2.08. The molecule has 1 fully saturated rings. The van der Waals surface area contributed by atoms with Gasteiger partial charge in [-0.25, -0.2) is 0 Å². The van der Waals surface area contributed by atoms with Crippen molar-refractivity contribution in [1.82, 2.24) is 19.9 Å². The second-order valence-electron chi connectivity index (χ2n) is 5.21. The summed E-state index contributed by atoms with van der Waals surface area (Å²) in [6, 6.07) is 0. The minimum Gasteiger partial charge on any atom is -0.338 e. The molecule has 0 aromatic carbocycles. The Hall–Kier alpha value is -0.940. The fourth-order valence-electron chi connectivity index (χ4n) is 2.24. The average molecular weight is 238 g/mol. The summed E-state index contributed by atoms with van der Waals surface area (Å²) in [5, 5.41) is 3.81. The molecule has 0 saturated carbocycles. The highest BCUT2D eigenvalue weighted by molar-refractivity contribution is 4.84. The van der Waals surface area contributed by atoms with Crippen LogP contribution in [0.1, 0.15) is 25.6 Å². The smallest absolute Gasteiger partial charge is 0.240 e. The third-order valence-corrected chi connectivity index (χ3v) is 3.02. The number of aryl methyl sites for hydroxylation is 1. The summed E-state index contributed by atoms with van der Waals surface area (Å²) in [5.74, 6) is 2.21. The zero-order valence-electron chi connectivity index (χ0n) is 11.0. The van der Waals surface area contributed by atoms with Crippen LogP contribution in [-0.2, 0) is 6.54 Å². The summed E-state index contributed by atoms with van der Waals surface area (Å²) in [4.78, 5) is 9.15. The van der Waals surface area contributed by atoms with E-state index in [2.05, 4.69) is 33.8 Å². The van der Waals surface area contributed by atoms with Gasteiger partial charge in [0.15, 0.2) is 5.82 Å². The van der Waals surface area contributed by atoms with Gasteiger partial charge in [-0.1, -0.05) is 19.0 Å². The quantitative estimate of drug-likeness (QED) is 0.787. The maximum Gasteiger partial charge on any atom is 0.240 e. The lowest BCUT2D eigenvalue weighted by Crippen LogP contribution is -2.46. The van der Waals surface area contributed by atoms with Crippen LogP contribution in [0, 0.1) is 12.8 Å². The summed E-state index contributed by atoms with van der Waals surface area (Å²) in [5.41, 5.74) is 0. The van der Waals surface area contributed by atoms with Crippen molar-refractivity contribution in [3.63, 3.8) is 0 Å². The molecule has 2 rings (SSSR count). The minimum absolute atomic E-state index is 0.721. The summed E-state index contributed by atoms with van der Waals surface area (Å²) >= 11 is 0. The molecule has 1 aromatic rings. The zero-order chi connectivity index (χ0) is 12.3. The van der Waals surface area contributed by atoms with Crippen molar-refractivity contribution in [2.45, 2.75) is 27.3 Å². The molecule has 1 saturated heterocycles. The lowest BCUT2D eigenvalue weighted by molar-refractivity contribution is 0.108. The predicted molar refractivity (Wildman–Crippen MR) is 65.6 cm³/mol. The van der Waals surface area contributed by atoms with Gasteiger partial charge in [0.25, 0.3) is 0 Å². The summed E-state index contributed by atoms with van der Waals surface area (Å²) in [7, 11) is 0. The molecule has 0 N–H and O–H groups in total. The van der Waals surface area contributed by atoms with Crippen LogP contribution < -0.4 is 0 Å². The fraction of sp³-hybridized carbons (Fsp3) is 0.833. The SMILES string of the molecule is Cc1noc(CN2CCN(CC(C)C)CC2)n1. The molecule has 5 nitrogen and oxygen atoms in total. The Morgan fingerprint density at radius 3 is 2.35 bits per heavy atom. The normalized spacial score (nSPS) is 19.1. The van der Waals surface area contributed by atoms with Gasteiger partial charge in [-0.3, -0.25) is 4.90 Å². The molecule has 96 valence electrons. The van der Waals surface area contributed by atoms with E-state index in [4.69, 9.17) is 4.52 Å². The van der Waals surface area contributed by atoms with Crippen molar-refractivity contribution in [1.29, 1.82) is 0 Å². The maximum atomic E-state index is 5.14. The zero-order valence-corrected chi connectivity index (χ0v) is 11.0. The molecule has 0 amide bonds. The predicted octanol–water partition coefficient (Wildman–Crippen LogP) is 1.15. The van der Waals surface area contributed by atoms with Gasteiger partial charge in [-0.05, 0) is 12.8 Å². The van der Waals surface area contributed by atoms with Crippen LogP contribution in [0.3, 0.4) is 0 Å². The van der Waals surface area contributed by atoms with E-state index in [0.29, 0.717) is 0 Å². The first kappa shape index (κ1) is 12.5. The molecule has 0 bridgehead atoms. The molecular weight excluding hydrogens is 216 g/mol. The third-order valence-electron chi connectivity index (χ3n) is 3.02. The van der Waals surface area contributed by atoms with E-state index in [0.717, 1.165) is 50.4 Å². The molecule has 0 radical (unpaired) electrons. The van der Waals surface area contributed by atoms with Gasteiger partial charge in [-0.2, -0.15) is 4.98 Å². The molecule has 0 atom stereocenters. The summed E-state index contributed by atoms with van der Waals surface area (Å²) < 4.78 is 5.14. The molecule has 1 aliphatic heterocycles. The van der Waals surface area contributed by atoms with Crippen LogP contribution >= 0.6 is 0 Å². The van der Waals surface area contributed by atoms with Crippen molar-refractivity contribution < 1.29 is 4.52 Å². The number of piperazine rings is 1. The lowest BCUT2D eigenvalue weighted by atomic mass is 10.2. The molecule has 2 heterocycles. The minimum atomic E-state index is 0.721. The summed E-state index contributed by atoms with van der Waals surface area (Å²) in [6.07, 6.45) is 0. The number of nitrogens with zero attached hydrogens (tertiary/aromatic N) is 4. The van der Waals surface area contributed by atoms with Crippen molar-refractivity contribution >= 4 is 0 Å². The molecule has 5 heteroatoms. The molecule has 0 spiro atoms. The van der Waals surface area contributed by atoms with Gasteiger partial charge in [0, 0.05) is 32.7 Å². The van der Waals surface area contributed by atoms with E-state index in [1.165, 1.54) is 6.54 Å². The number of hydrogen-bond donors (Lipinski definition) is 0. The van der Waals surface area contributed by atoms with Gasteiger partial charge in [0.1, 0.15) is 0 Å². The molecule has 0 aliphatic carbocycles. The molecule has 0 unspecified atom stereocenters. The monoisotopic (exact) mass is 238 g/mol. The number of hydrogen-bond acceptors (Lipinski definition) is 5.